The van der Waals surface area contributed by atoms with Crippen LogP contribution in [0.1, 0.15) is 12.8 Å². The molecule has 5 nitrogen and oxygen atoms in total. The lowest BCUT2D eigenvalue weighted by atomic mass is 9.85. The van der Waals surface area contributed by atoms with Crippen molar-refractivity contribution in [3.05, 3.63) is 70.7 Å². The second kappa shape index (κ2) is 7.64. The van der Waals surface area contributed by atoms with Gasteiger partial charge in [-0.15, -0.1) is 0 Å². The van der Waals surface area contributed by atoms with Gasteiger partial charge in [-0.25, -0.2) is 4.90 Å². The summed E-state index contributed by atoms with van der Waals surface area (Å²) in [6.07, 6.45) is 4.76. The minimum atomic E-state index is -0.516. The molecule has 3 aliphatic rings. The van der Waals surface area contributed by atoms with Gasteiger partial charge in [0.25, 0.3) is 0 Å². The van der Waals surface area contributed by atoms with Crippen molar-refractivity contribution in [3.8, 4) is 0 Å². The van der Waals surface area contributed by atoms with Crippen molar-refractivity contribution in [1.82, 2.24) is 4.90 Å². The number of rotatable bonds is 3. The summed E-state index contributed by atoms with van der Waals surface area (Å²) in [6, 6.07) is 15.0. The Hall–Kier alpha value is -2.50. The molecule has 2 unspecified atom stereocenters. The second-order valence-electron chi connectivity index (χ2n) is 7.89. The summed E-state index contributed by atoms with van der Waals surface area (Å²) in [5.41, 5.74) is 1.85. The molecule has 5 rings (SSSR count). The van der Waals surface area contributed by atoms with Gasteiger partial charge in [0.15, 0.2) is 6.29 Å². The number of hydrogen-bond acceptors (Lipinski definition) is 4. The van der Waals surface area contributed by atoms with Gasteiger partial charge in [0, 0.05) is 34.5 Å². The number of likely N-dealkylation sites (tertiary alicyclic amines) is 1. The maximum Gasteiger partial charge on any atom is 0.236 e. The molecule has 7 heteroatoms. The Morgan fingerprint density at radius 2 is 1.07 bits per heavy atom. The Bertz CT molecular complexity index is 927. The van der Waals surface area contributed by atoms with Crippen molar-refractivity contribution in [3.63, 3.8) is 0 Å². The van der Waals surface area contributed by atoms with E-state index in [0.717, 1.165) is 11.4 Å². The van der Waals surface area contributed by atoms with E-state index in [1.165, 1.54) is 4.90 Å². The van der Waals surface area contributed by atoms with E-state index < -0.39 is 6.29 Å². The van der Waals surface area contributed by atoms with E-state index in [-0.39, 0.29) is 23.7 Å². The van der Waals surface area contributed by atoms with E-state index in [1.807, 2.05) is 60.7 Å². The van der Waals surface area contributed by atoms with Gasteiger partial charge in [0.05, 0.1) is 11.8 Å². The molecule has 2 heterocycles. The van der Waals surface area contributed by atoms with Crippen molar-refractivity contribution >= 4 is 46.4 Å². The minimum Gasteiger partial charge on any atom is -0.332 e. The molecule has 0 bridgehead atoms. The predicted molar refractivity (Wildman–Crippen MR) is 119 cm³/mol. The Labute approximate surface area is 185 Å². The fraction of sp³-hybridized carbons (Fsp3) is 0.304. The van der Waals surface area contributed by atoms with E-state index in [9.17, 15) is 9.59 Å². The number of fused-ring (bicyclic) bond motifs is 1. The van der Waals surface area contributed by atoms with Gasteiger partial charge in [0.1, 0.15) is 0 Å². The third-order valence-corrected chi connectivity index (χ3v) is 6.73. The third-order valence-electron chi connectivity index (χ3n) is 6.23. The molecule has 2 atom stereocenters. The zero-order chi connectivity index (χ0) is 20.8. The molecule has 2 amide bonds. The minimum absolute atomic E-state index is 0.0841. The molecule has 1 aliphatic carbocycles. The predicted octanol–water partition coefficient (Wildman–Crippen LogP) is 4.55. The zero-order valence-electron chi connectivity index (χ0n) is 16.2. The summed E-state index contributed by atoms with van der Waals surface area (Å²) in [5.74, 6) is -0.692. The molecular formula is C23H21Cl2N3O2. The van der Waals surface area contributed by atoms with Crippen LogP contribution in [0, 0.1) is 11.8 Å². The number of halogens is 2. The number of carbonyl (C=O) groups excluding carboxylic acids is 2. The molecule has 0 aromatic heterocycles. The number of carbonyl (C=O) groups is 2. The molecule has 0 spiro atoms. The van der Waals surface area contributed by atoms with Crippen LogP contribution in [0.2, 0.25) is 10.0 Å². The Kier molecular flexibility index (Phi) is 4.95. The SMILES string of the molecule is O=C1C2CC=CCC2C(=O)N1C1N(c2ccc(Cl)cc2)CCN1c1ccc(Cl)cc1. The quantitative estimate of drug-likeness (QED) is 0.517. The van der Waals surface area contributed by atoms with Gasteiger partial charge in [-0.1, -0.05) is 35.4 Å². The summed E-state index contributed by atoms with van der Waals surface area (Å²) in [5, 5.41) is 1.30. The normalized spacial score (nSPS) is 24.1. The number of nitrogens with zero attached hydrogens (tertiary/aromatic N) is 3. The number of benzene rings is 2. The standard InChI is InChI=1S/C23H21Cl2N3O2/c24-15-5-9-17(10-6-15)26-13-14-27(18-11-7-16(25)8-12-18)23(26)28-21(29)19-3-1-2-4-20(19)22(28)30/h1-2,5-12,19-20,23H,3-4,13-14H2. The van der Waals surface area contributed by atoms with Crippen molar-refractivity contribution in [1.29, 1.82) is 0 Å². The lowest BCUT2D eigenvalue weighted by Crippen LogP contribution is -2.55. The van der Waals surface area contributed by atoms with Crippen molar-refractivity contribution in [2.24, 2.45) is 11.8 Å². The first-order chi connectivity index (χ1) is 14.5. The topological polar surface area (TPSA) is 43.9 Å². The van der Waals surface area contributed by atoms with Crippen molar-refractivity contribution in [2.75, 3.05) is 22.9 Å². The summed E-state index contributed by atoms with van der Waals surface area (Å²) >= 11 is 12.2. The summed E-state index contributed by atoms with van der Waals surface area (Å²) < 4.78 is 0. The average Bonchev–Trinajstić information content (AvgIpc) is 3.29. The second-order valence-corrected chi connectivity index (χ2v) is 8.76. The van der Waals surface area contributed by atoms with Crippen LogP contribution in [0.15, 0.2) is 60.7 Å². The molecule has 0 N–H and O–H groups in total. The van der Waals surface area contributed by atoms with Crippen molar-refractivity contribution < 1.29 is 9.59 Å². The number of amides is 2. The van der Waals surface area contributed by atoms with Crippen LogP contribution in [0.5, 0.6) is 0 Å². The molecule has 30 heavy (non-hydrogen) atoms. The molecule has 0 saturated carbocycles. The molecule has 2 aliphatic heterocycles. The van der Waals surface area contributed by atoms with Gasteiger partial charge in [-0.2, -0.15) is 0 Å². The van der Waals surface area contributed by atoms with Crippen LogP contribution in [0.3, 0.4) is 0 Å². The van der Waals surface area contributed by atoms with Gasteiger partial charge < -0.3 is 9.80 Å². The summed E-state index contributed by atoms with van der Waals surface area (Å²) in [4.78, 5) is 32.4. The highest BCUT2D eigenvalue weighted by atomic mass is 35.5. The highest BCUT2D eigenvalue weighted by Crippen LogP contribution is 2.40. The number of anilines is 2. The zero-order valence-corrected chi connectivity index (χ0v) is 17.8. The Morgan fingerprint density at radius 3 is 1.47 bits per heavy atom. The molecule has 2 aromatic rings. The number of imide groups is 1. The van der Waals surface area contributed by atoms with Crippen molar-refractivity contribution in [2.45, 2.75) is 19.1 Å². The summed E-state index contributed by atoms with van der Waals surface area (Å²) in [6.45, 7) is 1.36. The maximum atomic E-state index is 13.4. The lowest BCUT2D eigenvalue weighted by Gasteiger charge is -2.38. The van der Waals surface area contributed by atoms with E-state index in [4.69, 9.17) is 23.2 Å². The molecular weight excluding hydrogens is 421 g/mol. The molecule has 0 radical (unpaired) electrons. The highest BCUT2D eigenvalue weighted by Gasteiger charge is 2.53. The fourth-order valence-electron chi connectivity index (χ4n) is 4.74. The van der Waals surface area contributed by atoms with E-state index in [0.29, 0.717) is 36.0 Å². The number of allylic oxidation sites excluding steroid dienone is 2. The Balaban J connectivity index is 1.56. The molecule has 154 valence electrons. The van der Waals surface area contributed by atoms with Gasteiger partial charge >= 0.3 is 0 Å². The van der Waals surface area contributed by atoms with Crippen LogP contribution in [-0.4, -0.2) is 36.1 Å². The first-order valence-corrected chi connectivity index (χ1v) is 10.9. The molecule has 2 aromatic carbocycles. The largest absolute Gasteiger partial charge is 0.332 e. The maximum absolute atomic E-state index is 13.4. The van der Waals surface area contributed by atoms with Gasteiger partial charge in [-0.05, 0) is 61.4 Å². The Morgan fingerprint density at radius 1 is 0.667 bits per heavy atom. The molecule has 2 fully saturated rings. The first-order valence-electron chi connectivity index (χ1n) is 10.1. The smallest absolute Gasteiger partial charge is 0.236 e. The lowest BCUT2D eigenvalue weighted by molar-refractivity contribution is -0.142. The van der Waals surface area contributed by atoms with E-state index in [2.05, 4.69) is 9.80 Å². The molecule has 2 saturated heterocycles. The van der Waals surface area contributed by atoms with Crippen LogP contribution in [0.25, 0.3) is 0 Å². The van der Waals surface area contributed by atoms with Crippen LogP contribution in [0.4, 0.5) is 11.4 Å². The first kappa shape index (κ1) is 19.5. The average molecular weight is 442 g/mol. The monoisotopic (exact) mass is 441 g/mol. The number of hydrogen-bond donors (Lipinski definition) is 0. The van der Waals surface area contributed by atoms with Gasteiger partial charge in [0.2, 0.25) is 11.8 Å². The fourth-order valence-corrected chi connectivity index (χ4v) is 4.99. The van der Waals surface area contributed by atoms with Crippen LogP contribution in [-0.2, 0) is 9.59 Å². The van der Waals surface area contributed by atoms with Crippen LogP contribution < -0.4 is 9.80 Å². The highest BCUT2D eigenvalue weighted by molar-refractivity contribution is 6.30. The van der Waals surface area contributed by atoms with Gasteiger partial charge in [-0.3, -0.25) is 9.59 Å². The van der Waals surface area contributed by atoms with E-state index >= 15 is 0 Å². The summed E-state index contributed by atoms with van der Waals surface area (Å²) in [7, 11) is 0. The van der Waals surface area contributed by atoms with E-state index in [1.54, 1.807) is 0 Å². The van der Waals surface area contributed by atoms with Crippen LogP contribution >= 0.6 is 23.2 Å². The third kappa shape index (κ3) is 3.17.